The fraction of sp³-hybridized carbons (Fsp3) is 0.400. The molecule has 0 aliphatic heterocycles. The molecule has 6 nitrogen and oxygen atoms in total. The van der Waals surface area contributed by atoms with Crippen molar-refractivity contribution in [3.63, 3.8) is 0 Å². The summed E-state index contributed by atoms with van der Waals surface area (Å²) in [7, 11) is 0. The van der Waals surface area contributed by atoms with Gasteiger partial charge in [0.2, 0.25) is 5.91 Å². The maximum absolute atomic E-state index is 11.7. The zero-order chi connectivity index (χ0) is 15.1. The van der Waals surface area contributed by atoms with Gasteiger partial charge in [-0.15, -0.1) is 0 Å². The first-order valence-corrected chi connectivity index (χ1v) is 6.99. The third kappa shape index (κ3) is 5.25. The molecular formula is C15H20N4O2. The molecule has 0 unspecified atom stereocenters. The molecule has 0 fully saturated rings. The molecule has 0 radical (unpaired) electrons. The van der Waals surface area contributed by atoms with Crippen molar-refractivity contribution in [1.82, 2.24) is 15.5 Å². The third-order valence-electron chi connectivity index (χ3n) is 2.91. The second kappa shape index (κ2) is 7.42. The number of nitrogens with one attached hydrogen (secondary N) is 2. The summed E-state index contributed by atoms with van der Waals surface area (Å²) < 4.78 is 4.92. The molecule has 2 aromatic rings. The Hall–Kier alpha value is -2.37. The molecule has 0 aliphatic rings. The number of hydrogen-bond donors (Lipinski definition) is 2. The summed E-state index contributed by atoms with van der Waals surface area (Å²) >= 11 is 0. The molecule has 0 saturated carbocycles. The topological polar surface area (TPSA) is 80.0 Å². The summed E-state index contributed by atoms with van der Waals surface area (Å²) in [4.78, 5) is 15.9. The predicted molar refractivity (Wildman–Crippen MR) is 80.0 cm³/mol. The van der Waals surface area contributed by atoms with Crippen molar-refractivity contribution in [2.24, 2.45) is 0 Å². The molecule has 112 valence electrons. The van der Waals surface area contributed by atoms with Crippen LogP contribution in [0.3, 0.4) is 0 Å². The van der Waals surface area contributed by atoms with Crippen molar-refractivity contribution < 1.29 is 9.32 Å². The number of aryl methyl sites for hydroxylation is 2. The van der Waals surface area contributed by atoms with E-state index < -0.39 is 0 Å². The van der Waals surface area contributed by atoms with Crippen LogP contribution in [0.25, 0.3) is 0 Å². The first kappa shape index (κ1) is 15.0. The van der Waals surface area contributed by atoms with Crippen molar-refractivity contribution in [3.05, 3.63) is 41.4 Å². The summed E-state index contributed by atoms with van der Waals surface area (Å²) in [5.74, 6) is 1.52. The van der Waals surface area contributed by atoms with E-state index in [2.05, 4.69) is 20.8 Å². The molecule has 0 aliphatic carbocycles. The number of amides is 1. The third-order valence-corrected chi connectivity index (χ3v) is 2.91. The van der Waals surface area contributed by atoms with Gasteiger partial charge in [0.15, 0.2) is 0 Å². The number of pyridine rings is 1. The van der Waals surface area contributed by atoms with Crippen LogP contribution in [-0.2, 0) is 11.2 Å². The normalized spacial score (nSPS) is 10.4. The fourth-order valence-electron chi connectivity index (χ4n) is 1.83. The van der Waals surface area contributed by atoms with Gasteiger partial charge >= 0.3 is 0 Å². The van der Waals surface area contributed by atoms with Crippen LogP contribution >= 0.6 is 0 Å². The number of nitrogens with zero attached hydrogens (tertiary/aromatic N) is 2. The van der Waals surface area contributed by atoms with E-state index in [1.807, 2.05) is 25.3 Å². The fourth-order valence-corrected chi connectivity index (χ4v) is 1.83. The second-order valence-corrected chi connectivity index (χ2v) is 4.96. The molecule has 0 saturated heterocycles. The molecule has 0 spiro atoms. The van der Waals surface area contributed by atoms with Gasteiger partial charge in [-0.3, -0.25) is 4.79 Å². The Morgan fingerprint density at radius 1 is 1.29 bits per heavy atom. The molecule has 6 heteroatoms. The lowest BCUT2D eigenvalue weighted by molar-refractivity contribution is -0.120. The van der Waals surface area contributed by atoms with Crippen LogP contribution in [-0.4, -0.2) is 29.1 Å². The van der Waals surface area contributed by atoms with Crippen molar-refractivity contribution in [2.45, 2.75) is 26.7 Å². The molecule has 1 amide bonds. The van der Waals surface area contributed by atoms with Crippen LogP contribution in [0.1, 0.15) is 23.4 Å². The summed E-state index contributed by atoms with van der Waals surface area (Å²) in [5, 5.41) is 9.85. The van der Waals surface area contributed by atoms with Crippen LogP contribution in [0.5, 0.6) is 0 Å². The average molecular weight is 288 g/mol. The first-order chi connectivity index (χ1) is 10.1. The molecule has 2 heterocycles. The minimum Gasteiger partial charge on any atom is -0.370 e. The van der Waals surface area contributed by atoms with E-state index in [9.17, 15) is 4.79 Å². The van der Waals surface area contributed by atoms with Gasteiger partial charge < -0.3 is 15.2 Å². The van der Waals surface area contributed by atoms with Gasteiger partial charge in [0.25, 0.3) is 0 Å². The lowest BCUT2D eigenvalue weighted by Crippen LogP contribution is -2.27. The van der Waals surface area contributed by atoms with Crippen LogP contribution in [0, 0.1) is 13.8 Å². The maximum atomic E-state index is 11.7. The Bertz CT molecular complexity index is 578. The Kier molecular flexibility index (Phi) is 5.31. The zero-order valence-electron chi connectivity index (χ0n) is 12.3. The van der Waals surface area contributed by atoms with Crippen molar-refractivity contribution >= 4 is 11.7 Å². The Morgan fingerprint density at radius 3 is 2.81 bits per heavy atom. The van der Waals surface area contributed by atoms with Crippen molar-refractivity contribution in [3.8, 4) is 0 Å². The summed E-state index contributed by atoms with van der Waals surface area (Å²) in [5.41, 5.74) is 1.79. The highest BCUT2D eigenvalue weighted by atomic mass is 16.5. The Labute approximate surface area is 123 Å². The lowest BCUT2D eigenvalue weighted by atomic mass is 10.2. The van der Waals surface area contributed by atoms with Gasteiger partial charge in [0.05, 0.1) is 12.1 Å². The second-order valence-electron chi connectivity index (χ2n) is 4.96. The number of anilines is 1. The van der Waals surface area contributed by atoms with Gasteiger partial charge in [-0.25, -0.2) is 4.98 Å². The molecule has 2 rings (SSSR count). The molecule has 21 heavy (non-hydrogen) atoms. The van der Waals surface area contributed by atoms with E-state index in [-0.39, 0.29) is 12.3 Å². The summed E-state index contributed by atoms with van der Waals surface area (Å²) in [6.07, 6.45) is 2.91. The average Bonchev–Trinajstić information content (AvgIpc) is 2.86. The molecule has 0 atom stereocenters. The van der Waals surface area contributed by atoms with Gasteiger partial charge in [0, 0.05) is 25.4 Å². The highest BCUT2D eigenvalue weighted by molar-refractivity contribution is 5.78. The molecule has 0 aromatic carbocycles. The summed E-state index contributed by atoms with van der Waals surface area (Å²) in [6.45, 7) is 5.19. The maximum Gasteiger partial charge on any atom is 0.226 e. The zero-order valence-corrected chi connectivity index (χ0v) is 12.3. The monoisotopic (exact) mass is 288 g/mol. The van der Waals surface area contributed by atoms with E-state index in [0.717, 1.165) is 24.3 Å². The highest BCUT2D eigenvalue weighted by Crippen LogP contribution is 2.03. The van der Waals surface area contributed by atoms with Gasteiger partial charge in [-0.1, -0.05) is 11.2 Å². The van der Waals surface area contributed by atoms with Gasteiger partial charge in [-0.2, -0.15) is 0 Å². The van der Waals surface area contributed by atoms with E-state index in [4.69, 9.17) is 4.52 Å². The molecule has 0 bridgehead atoms. The van der Waals surface area contributed by atoms with E-state index in [1.165, 1.54) is 0 Å². The smallest absolute Gasteiger partial charge is 0.226 e. The quantitative estimate of drug-likeness (QED) is 0.760. The predicted octanol–water partition coefficient (Wildman–Crippen LogP) is 1.85. The Balaban J connectivity index is 1.59. The van der Waals surface area contributed by atoms with E-state index in [0.29, 0.717) is 18.0 Å². The lowest BCUT2D eigenvalue weighted by Gasteiger charge is -2.06. The van der Waals surface area contributed by atoms with Crippen LogP contribution < -0.4 is 10.6 Å². The number of hydrogen-bond acceptors (Lipinski definition) is 5. The number of carbonyl (C=O) groups excluding carboxylic acids is 1. The molecular weight excluding hydrogens is 268 g/mol. The number of rotatable bonds is 7. The van der Waals surface area contributed by atoms with Crippen molar-refractivity contribution in [2.75, 3.05) is 18.4 Å². The minimum absolute atomic E-state index is 0.0447. The van der Waals surface area contributed by atoms with Crippen molar-refractivity contribution in [1.29, 1.82) is 0 Å². The molecule has 2 aromatic heterocycles. The minimum atomic E-state index is -0.0447. The molecule has 2 N–H and O–H groups in total. The largest absolute Gasteiger partial charge is 0.370 e. The SMILES string of the molecule is Cc1ccc(NCCCNC(=O)Cc2cc(C)on2)nc1. The number of aromatic nitrogens is 2. The number of carbonyl (C=O) groups is 1. The van der Waals surface area contributed by atoms with E-state index >= 15 is 0 Å². The standard InChI is InChI=1S/C15H20N4O2/c1-11-4-5-14(18-10-11)16-6-3-7-17-15(20)9-13-8-12(2)21-19-13/h4-5,8,10H,3,6-7,9H2,1-2H3,(H,16,18)(H,17,20). The first-order valence-electron chi connectivity index (χ1n) is 6.99. The van der Waals surface area contributed by atoms with Crippen LogP contribution in [0.4, 0.5) is 5.82 Å². The van der Waals surface area contributed by atoms with Gasteiger partial charge in [0.1, 0.15) is 11.6 Å². The van der Waals surface area contributed by atoms with Gasteiger partial charge in [-0.05, 0) is 31.9 Å². The Morgan fingerprint density at radius 2 is 2.14 bits per heavy atom. The van der Waals surface area contributed by atoms with Crippen LogP contribution in [0.15, 0.2) is 28.9 Å². The summed E-state index contributed by atoms with van der Waals surface area (Å²) in [6, 6.07) is 5.72. The van der Waals surface area contributed by atoms with Crippen LogP contribution in [0.2, 0.25) is 0 Å². The highest BCUT2D eigenvalue weighted by Gasteiger charge is 2.06. The van der Waals surface area contributed by atoms with E-state index in [1.54, 1.807) is 13.0 Å².